The van der Waals surface area contributed by atoms with Crippen LogP contribution in [0, 0.1) is 18.8 Å². The Morgan fingerprint density at radius 3 is 2.60 bits per heavy atom. The van der Waals surface area contributed by atoms with Gasteiger partial charge in [-0.1, -0.05) is 11.6 Å². The summed E-state index contributed by atoms with van der Waals surface area (Å²) in [5, 5.41) is 12.4. The maximum absolute atomic E-state index is 12.2. The lowest BCUT2D eigenvalue weighted by atomic mass is 10.0. The lowest BCUT2D eigenvalue weighted by molar-refractivity contribution is -0.141. The van der Waals surface area contributed by atoms with Gasteiger partial charge in [0.05, 0.1) is 11.6 Å². The second-order valence-corrected chi connectivity index (χ2v) is 6.38. The number of aliphatic carboxylic acids is 1. The van der Waals surface area contributed by atoms with Crippen molar-refractivity contribution >= 4 is 45.1 Å². The van der Waals surface area contributed by atoms with Gasteiger partial charge in [-0.05, 0) is 59.8 Å². The van der Waals surface area contributed by atoms with Crippen molar-refractivity contribution in [2.45, 2.75) is 26.2 Å². The number of hydrogen-bond donors (Lipinski definition) is 2. The summed E-state index contributed by atoms with van der Waals surface area (Å²) in [7, 11) is 0. The predicted molar refractivity (Wildman–Crippen MR) is 81.0 cm³/mol. The predicted octanol–water partition coefficient (Wildman–Crippen LogP) is 3.85. The molecule has 0 spiro atoms. The summed E-state index contributed by atoms with van der Waals surface area (Å²) in [5.41, 5.74) is 1.53. The first-order chi connectivity index (χ1) is 9.38. The van der Waals surface area contributed by atoms with E-state index < -0.39 is 11.9 Å². The van der Waals surface area contributed by atoms with Crippen LogP contribution in [-0.4, -0.2) is 17.0 Å². The van der Waals surface area contributed by atoms with Gasteiger partial charge < -0.3 is 10.4 Å². The molecule has 1 aliphatic rings. The molecule has 0 saturated heterocycles. The number of amides is 1. The Morgan fingerprint density at radius 1 is 1.35 bits per heavy atom. The standard InChI is InChI=1S/C14H15BrClNO3/c1-7-4-10(15)12(6-11(7)16)17-13(18)8-2-3-9(5-8)14(19)20/h4,6,8-9H,2-3,5H2,1H3,(H,17,18)(H,19,20)/t8-,9+/m1/s1. The number of carboxylic acid groups (broad SMARTS) is 1. The molecule has 0 unspecified atom stereocenters. The van der Waals surface area contributed by atoms with Gasteiger partial charge in [-0.25, -0.2) is 0 Å². The van der Waals surface area contributed by atoms with Crippen molar-refractivity contribution < 1.29 is 14.7 Å². The smallest absolute Gasteiger partial charge is 0.306 e. The van der Waals surface area contributed by atoms with Crippen LogP contribution in [0.5, 0.6) is 0 Å². The molecule has 0 bridgehead atoms. The van der Waals surface area contributed by atoms with E-state index in [-0.39, 0.29) is 11.8 Å². The van der Waals surface area contributed by atoms with Crippen LogP contribution >= 0.6 is 27.5 Å². The number of aryl methyl sites for hydroxylation is 1. The van der Waals surface area contributed by atoms with Crippen molar-refractivity contribution in [1.82, 2.24) is 0 Å². The van der Waals surface area contributed by atoms with E-state index in [2.05, 4.69) is 21.2 Å². The molecule has 1 saturated carbocycles. The zero-order chi connectivity index (χ0) is 14.9. The van der Waals surface area contributed by atoms with E-state index in [1.54, 1.807) is 6.07 Å². The monoisotopic (exact) mass is 359 g/mol. The largest absolute Gasteiger partial charge is 0.481 e. The fourth-order valence-corrected chi connectivity index (χ4v) is 3.14. The number of carbonyl (C=O) groups is 2. The van der Waals surface area contributed by atoms with Crippen LogP contribution in [0.2, 0.25) is 5.02 Å². The Kier molecular flexibility index (Phi) is 4.70. The topological polar surface area (TPSA) is 66.4 Å². The molecule has 2 N–H and O–H groups in total. The molecule has 1 aliphatic carbocycles. The summed E-state index contributed by atoms with van der Waals surface area (Å²) in [6, 6.07) is 3.54. The highest BCUT2D eigenvalue weighted by Crippen LogP contribution is 2.34. The van der Waals surface area contributed by atoms with Crippen LogP contribution in [0.1, 0.15) is 24.8 Å². The molecule has 1 aromatic rings. The highest BCUT2D eigenvalue weighted by molar-refractivity contribution is 9.10. The fourth-order valence-electron chi connectivity index (χ4n) is 2.42. The highest BCUT2D eigenvalue weighted by atomic mass is 79.9. The third-order valence-corrected chi connectivity index (χ3v) is 4.72. The molecule has 2 rings (SSSR count). The normalized spacial score (nSPS) is 21.8. The Balaban J connectivity index is 2.06. The molecule has 1 aromatic carbocycles. The minimum Gasteiger partial charge on any atom is -0.481 e. The number of benzene rings is 1. The van der Waals surface area contributed by atoms with Crippen molar-refractivity contribution in [2.24, 2.45) is 11.8 Å². The molecule has 2 atom stereocenters. The van der Waals surface area contributed by atoms with Gasteiger partial charge >= 0.3 is 5.97 Å². The zero-order valence-corrected chi connectivity index (χ0v) is 13.3. The first-order valence-electron chi connectivity index (χ1n) is 6.37. The second kappa shape index (κ2) is 6.14. The summed E-state index contributed by atoms with van der Waals surface area (Å²) in [6.45, 7) is 1.88. The van der Waals surface area contributed by atoms with Crippen LogP contribution in [0.3, 0.4) is 0 Å². The lowest BCUT2D eigenvalue weighted by Crippen LogP contribution is -2.22. The van der Waals surface area contributed by atoms with Crippen LogP contribution in [0.15, 0.2) is 16.6 Å². The van der Waals surface area contributed by atoms with Crippen LogP contribution in [0.4, 0.5) is 5.69 Å². The van der Waals surface area contributed by atoms with Crippen molar-refractivity contribution in [3.8, 4) is 0 Å². The molecule has 1 fully saturated rings. The first-order valence-corrected chi connectivity index (χ1v) is 7.55. The van der Waals surface area contributed by atoms with Gasteiger partial charge in [-0.3, -0.25) is 9.59 Å². The van der Waals surface area contributed by atoms with E-state index in [1.165, 1.54) is 0 Å². The van der Waals surface area contributed by atoms with E-state index in [4.69, 9.17) is 16.7 Å². The zero-order valence-electron chi connectivity index (χ0n) is 11.0. The maximum Gasteiger partial charge on any atom is 0.306 e. The number of rotatable bonds is 3. The maximum atomic E-state index is 12.2. The van der Waals surface area contributed by atoms with Crippen molar-refractivity contribution in [3.63, 3.8) is 0 Å². The molecule has 4 nitrogen and oxygen atoms in total. The van der Waals surface area contributed by atoms with Crippen LogP contribution < -0.4 is 5.32 Å². The number of nitrogens with one attached hydrogen (secondary N) is 1. The molecule has 0 radical (unpaired) electrons. The number of hydrogen-bond acceptors (Lipinski definition) is 2. The number of anilines is 1. The van der Waals surface area contributed by atoms with Crippen LogP contribution in [0.25, 0.3) is 0 Å². The molecular formula is C14H15BrClNO3. The summed E-state index contributed by atoms with van der Waals surface area (Å²) >= 11 is 9.43. The Hall–Kier alpha value is -1.07. The average molecular weight is 361 g/mol. The Bertz CT molecular complexity index is 562. The minimum absolute atomic E-state index is 0.144. The molecule has 0 heterocycles. The molecule has 1 amide bonds. The van der Waals surface area contributed by atoms with Gasteiger partial charge in [0, 0.05) is 15.4 Å². The van der Waals surface area contributed by atoms with Gasteiger partial charge in [0.1, 0.15) is 0 Å². The summed E-state index contributed by atoms with van der Waals surface area (Å²) < 4.78 is 0.764. The van der Waals surface area contributed by atoms with Gasteiger partial charge in [-0.15, -0.1) is 0 Å². The Morgan fingerprint density at radius 2 is 2.00 bits per heavy atom. The van der Waals surface area contributed by atoms with Gasteiger partial charge in [0.15, 0.2) is 0 Å². The Labute approximate surface area is 130 Å². The van der Waals surface area contributed by atoms with Crippen molar-refractivity contribution in [3.05, 3.63) is 27.2 Å². The molecule has 0 aliphatic heterocycles. The van der Waals surface area contributed by atoms with E-state index in [0.717, 1.165) is 10.0 Å². The third kappa shape index (κ3) is 3.33. The van der Waals surface area contributed by atoms with E-state index >= 15 is 0 Å². The number of carbonyl (C=O) groups excluding carboxylic acids is 1. The van der Waals surface area contributed by atoms with Crippen molar-refractivity contribution in [1.29, 1.82) is 0 Å². The van der Waals surface area contributed by atoms with Crippen molar-refractivity contribution in [2.75, 3.05) is 5.32 Å². The quantitative estimate of drug-likeness (QED) is 0.860. The summed E-state index contributed by atoms with van der Waals surface area (Å²) in [6.07, 6.45) is 1.57. The van der Waals surface area contributed by atoms with E-state index in [9.17, 15) is 9.59 Å². The van der Waals surface area contributed by atoms with Gasteiger partial charge in [-0.2, -0.15) is 0 Å². The summed E-state index contributed by atoms with van der Waals surface area (Å²) in [5.74, 6) is -1.62. The lowest BCUT2D eigenvalue weighted by Gasteiger charge is -2.13. The number of halogens is 2. The van der Waals surface area contributed by atoms with E-state index in [0.29, 0.717) is 30.0 Å². The fraction of sp³-hybridized carbons (Fsp3) is 0.429. The molecule has 0 aromatic heterocycles. The first kappa shape index (κ1) is 15.3. The van der Waals surface area contributed by atoms with E-state index in [1.807, 2.05) is 13.0 Å². The third-order valence-electron chi connectivity index (χ3n) is 3.66. The number of carboxylic acids is 1. The highest BCUT2D eigenvalue weighted by Gasteiger charge is 2.33. The minimum atomic E-state index is -0.820. The second-order valence-electron chi connectivity index (χ2n) is 5.12. The SMILES string of the molecule is Cc1cc(Br)c(NC(=O)[C@@H]2CC[C@H](C(=O)O)C2)cc1Cl. The summed E-state index contributed by atoms with van der Waals surface area (Å²) in [4.78, 5) is 23.1. The molecule has 20 heavy (non-hydrogen) atoms. The molecular weight excluding hydrogens is 346 g/mol. The van der Waals surface area contributed by atoms with Gasteiger partial charge in [0.25, 0.3) is 0 Å². The van der Waals surface area contributed by atoms with Gasteiger partial charge in [0.2, 0.25) is 5.91 Å². The molecule has 108 valence electrons. The van der Waals surface area contributed by atoms with Crippen LogP contribution in [-0.2, 0) is 9.59 Å². The molecule has 6 heteroatoms. The average Bonchev–Trinajstić information content (AvgIpc) is 2.85.